The molecule has 0 heterocycles. The summed E-state index contributed by atoms with van der Waals surface area (Å²) in [5.41, 5.74) is 0. The van der Waals surface area contributed by atoms with Gasteiger partial charge in [0.1, 0.15) is 0 Å². The molecular weight excluding hydrogens is 182 g/mol. The average molecular weight is 190 g/mol. The normalized spacial score (nSPS) is 10.5. The van der Waals surface area contributed by atoms with Crippen LogP contribution in [0.4, 0.5) is 0 Å². The van der Waals surface area contributed by atoms with Crippen molar-refractivity contribution in [1.82, 2.24) is 0 Å². The van der Waals surface area contributed by atoms with Crippen LogP contribution in [0.15, 0.2) is 0 Å². The first-order chi connectivity index (χ1) is 3.06. The molecule has 0 aromatic carbocycles. The molecule has 8 heavy (non-hydrogen) atoms. The summed E-state index contributed by atoms with van der Waals surface area (Å²) in [5.74, 6) is 0. The second-order valence-corrected chi connectivity index (χ2v) is 3.88. The van der Waals surface area contributed by atoms with Crippen LogP contribution in [0.3, 0.4) is 0 Å². The second kappa shape index (κ2) is 4.92. The van der Waals surface area contributed by atoms with E-state index >= 15 is 0 Å². The van der Waals surface area contributed by atoms with Gasteiger partial charge in [-0.25, -0.2) is 0 Å². The minimum atomic E-state index is -1.03. The molecule has 0 amide bonds. The highest BCUT2D eigenvalue weighted by Gasteiger charge is 2.16. The lowest BCUT2D eigenvalue weighted by Gasteiger charge is -2.05. The van der Waals surface area contributed by atoms with E-state index in [0.717, 1.165) is 6.42 Å². The standard InChI is InChI=1S/C4H7Cl3.Si/c1-2-3-4(5,6)7;/h2-3H2,1H3;. The van der Waals surface area contributed by atoms with Crippen LogP contribution in [-0.4, -0.2) is 14.8 Å². The first-order valence-electron chi connectivity index (χ1n) is 2.13. The minimum Gasteiger partial charge on any atom is -0.0837 e. The lowest BCUT2D eigenvalue weighted by molar-refractivity contribution is 0.822. The monoisotopic (exact) mass is 188 g/mol. The lowest BCUT2D eigenvalue weighted by atomic mass is 10.4. The third kappa shape index (κ3) is 10.1. The van der Waals surface area contributed by atoms with Crippen LogP contribution < -0.4 is 0 Å². The fourth-order valence-electron chi connectivity index (χ4n) is 0.283. The van der Waals surface area contributed by atoms with Crippen LogP contribution in [0.5, 0.6) is 0 Å². The van der Waals surface area contributed by atoms with Crippen LogP contribution in [0.1, 0.15) is 19.8 Å². The maximum atomic E-state index is 5.36. The van der Waals surface area contributed by atoms with E-state index < -0.39 is 3.79 Å². The van der Waals surface area contributed by atoms with Crippen LogP contribution in [0.2, 0.25) is 0 Å². The highest BCUT2D eigenvalue weighted by atomic mass is 35.6. The Morgan fingerprint density at radius 3 is 1.62 bits per heavy atom. The molecule has 0 bridgehead atoms. The molecule has 0 fully saturated rings. The highest BCUT2D eigenvalue weighted by Crippen LogP contribution is 2.30. The molecule has 0 unspecified atom stereocenters. The Balaban J connectivity index is 0. The fraction of sp³-hybridized carbons (Fsp3) is 1.00. The maximum Gasteiger partial charge on any atom is 0.190 e. The zero-order valence-corrected chi connectivity index (χ0v) is 7.82. The van der Waals surface area contributed by atoms with Gasteiger partial charge in [0, 0.05) is 11.0 Å². The van der Waals surface area contributed by atoms with Gasteiger partial charge in [0.25, 0.3) is 0 Å². The third-order valence-corrected chi connectivity index (χ3v) is 1.10. The van der Waals surface area contributed by atoms with Crippen LogP contribution in [0.25, 0.3) is 0 Å². The van der Waals surface area contributed by atoms with Crippen LogP contribution in [0, 0.1) is 0 Å². The van der Waals surface area contributed by atoms with E-state index in [1.165, 1.54) is 0 Å². The third-order valence-electron chi connectivity index (χ3n) is 0.533. The van der Waals surface area contributed by atoms with Crippen molar-refractivity contribution >= 4 is 45.8 Å². The van der Waals surface area contributed by atoms with Gasteiger partial charge in [-0.05, 0) is 6.42 Å². The van der Waals surface area contributed by atoms with E-state index in [0.29, 0.717) is 6.42 Å². The molecule has 0 atom stereocenters. The summed E-state index contributed by atoms with van der Waals surface area (Å²) in [7, 11) is 0. The van der Waals surface area contributed by atoms with Crippen LogP contribution in [-0.2, 0) is 0 Å². The van der Waals surface area contributed by atoms with Crippen LogP contribution >= 0.6 is 34.8 Å². The summed E-state index contributed by atoms with van der Waals surface area (Å²) in [6.45, 7) is 1.97. The molecule has 0 aromatic heterocycles. The summed E-state index contributed by atoms with van der Waals surface area (Å²) in [5, 5.41) is 0. The zero-order chi connectivity index (χ0) is 5.91. The van der Waals surface area contributed by atoms with Gasteiger partial charge >= 0.3 is 0 Å². The second-order valence-electron chi connectivity index (χ2n) is 1.37. The predicted molar refractivity (Wildman–Crippen MR) is 41.0 cm³/mol. The van der Waals surface area contributed by atoms with Gasteiger partial charge in [-0.3, -0.25) is 0 Å². The Bertz CT molecular complexity index is 49.7. The molecule has 0 aliphatic carbocycles. The molecule has 0 N–H and O–H groups in total. The molecule has 0 saturated carbocycles. The fourth-order valence-corrected chi connectivity index (χ4v) is 0.850. The summed E-state index contributed by atoms with van der Waals surface area (Å²) in [4.78, 5) is 0. The maximum absolute atomic E-state index is 5.36. The number of halogens is 3. The van der Waals surface area contributed by atoms with Crippen molar-refractivity contribution in [2.75, 3.05) is 0 Å². The average Bonchev–Trinajstić information content (AvgIpc) is 1.30. The van der Waals surface area contributed by atoms with Gasteiger partial charge in [0.05, 0.1) is 0 Å². The van der Waals surface area contributed by atoms with E-state index in [-0.39, 0.29) is 11.0 Å². The minimum absolute atomic E-state index is 0. The number of alkyl halides is 3. The molecule has 0 saturated heterocycles. The Morgan fingerprint density at radius 1 is 1.25 bits per heavy atom. The smallest absolute Gasteiger partial charge is 0.0837 e. The summed E-state index contributed by atoms with van der Waals surface area (Å²) >= 11 is 16.1. The van der Waals surface area contributed by atoms with E-state index in [9.17, 15) is 0 Å². The van der Waals surface area contributed by atoms with Gasteiger partial charge < -0.3 is 0 Å². The molecule has 0 aliphatic rings. The van der Waals surface area contributed by atoms with Crippen molar-refractivity contribution < 1.29 is 0 Å². The molecule has 4 radical (unpaired) electrons. The van der Waals surface area contributed by atoms with Gasteiger partial charge in [-0.15, -0.1) is 0 Å². The molecule has 0 spiro atoms. The van der Waals surface area contributed by atoms with E-state index in [2.05, 4.69) is 0 Å². The molecular formula is C4H7Cl3Si. The Hall–Kier alpha value is 1.09. The number of hydrogen-bond acceptors (Lipinski definition) is 0. The molecule has 4 heteroatoms. The largest absolute Gasteiger partial charge is 0.190 e. The summed E-state index contributed by atoms with van der Waals surface area (Å²) in [6.07, 6.45) is 1.55. The molecule has 0 aliphatic heterocycles. The molecule has 48 valence electrons. The van der Waals surface area contributed by atoms with Crippen molar-refractivity contribution in [3.05, 3.63) is 0 Å². The van der Waals surface area contributed by atoms with E-state index in [1.807, 2.05) is 6.92 Å². The van der Waals surface area contributed by atoms with Gasteiger partial charge in [0.2, 0.25) is 0 Å². The van der Waals surface area contributed by atoms with Crippen molar-refractivity contribution in [1.29, 1.82) is 0 Å². The quantitative estimate of drug-likeness (QED) is 0.440. The SMILES string of the molecule is CCCC(Cl)(Cl)Cl.[Si]. The Labute approximate surface area is 69.5 Å². The van der Waals surface area contributed by atoms with E-state index in [4.69, 9.17) is 34.8 Å². The molecule has 0 aromatic rings. The first kappa shape index (κ1) is 11.8. The van der Waals surface area contributed by atoms with Gasteiger partial charge in [0.15, 0.2) is 3.79 Å². The van der Waals surface area contributed by atoms with Gasteiger partial charge in [-0.1, -0.05) is 48.1 Å². The number of hydrogen-bond donors (Lipinski definition) is 0. The highest BCUT2D eigenvalue weighted by molar-refractivity contribution is 6.67. The lowest BCUT2D eigenvalue weighted by Crippen LogP contribution is -1.98. The van der Waals surface area contributed by atoms with Crippen molar-refractivity contribution in [3.63, 3.8) is 0 Å². The Kier molecular flexibility index (Phi) is 7.28. The van der Waals surface area contributed by atoms with Crippen molar-refractivity contribution in [2.45, 2.75) is 23.6 Å². The van der Waals surface area contributed by atoms with E-state index in [1.54, 1.807) is 0 Å². The van der Waals surface area contributed by atoms with Gasteiger partial charge in [-0.2, -0.15) is 0 Å². The van der Waals surface area contributed by atoms with Crippen molar-refractivity contribution in [2.24, 2.45) is 0 Å². The predicted octanol–water partition coefficient (Wildman–Crippen LogP) is 2.78. The first-order valence-corrected chi connectivity index (χ1v) is 3.26. The molecule has 0 rings (SSSR count). The van der Waals surface area contributed by atoms with Crippen molar-refractivity contribution in [3.8, 4) is 0 Å². The summed E-state index contributed by atoms with van der Waals surface area (Å²) < 4.78 is -1.03. The topological polar surface area (TPSA) is 0 Å². The Morgan fingerprint density at radius 2 is 1.62 bits per heavy atom. The summed E-state index contributed by atoms with van der Waals surface area (Å²) in [6, 6.07) is 0. The zero-order valence-electron chi connectivity index (χ0n) is 4.55. The molecule has 0 nitrogen and oxygen atoms in total. The number of rotatable bonds is 1.